The monoisotopic (exact) mass is 237 g/mol. The van der Waals surface area contributed by atoms with Gasteiger partial charge in [-0.25, -0.2) is 0 Å². The maximum atomic E-state index is 10.8. The first-order chi connectivity index (χ1) is 8.09. The van der Waals surface area contributed by atoms with E-state index in [4.69, 9.17) is 4.74 Å². The predicted octanol–water partition coefficient (Wildman–Crippen LogP) is 2.44. The van der Waals surface area contributed by atoms with Crippen molar-refractivity contribution in [2.75, 3.05) is 13.2 Å². The second-order valence-electron chi connectivity index (χ2n) is 4.45. The summed E-state index contributed by atoms with van der Waals surface area (Å²) in [6.45, 7) is 3.44. The van der Waals surface area contributed by atoms with Gasteiger partial charge in [0.15, 0.2) is 5.75 Å². The number of phenols is 1. The molecule has 2 rings (SSSR count). The van der Waals surface area contributed by atoms with Crippen molar-refractivity contribution in [1.29, 1.82) is 0 Å². The Bertz CT molecular complexity index is 433. The van der Waals surface area contributed by atoms with Gasteiger partial charge in [-0.3, -0.25) is 10.1 Å². The molecule has 5 nitrogen and oxygen atoms in total. The van der Waals surface area contributed by atoms with Crippen LogP contribution in [0.5, 0.6) is 5.75 Å². The van der Waals surface area contributed by atoms with Gasteiger partial charge in [0.2, 0.25) is 0 Å². The average Bonchev–Trinajstić information content (AvgIpc) is 2.30. The highest BCUT2D eigenvalue weighted by Gasteiger charge is 2.25. The number of rotatable bonds is 2. The summed E-state index contributed by atoms with van der Waals surface area (Å²) in [6.07, 6.45) is 0.864. The van der Waals surface area contributed by atoms with Crippen molar-refractivity contribution < 1.29 is 14.8 Å². The molecule has 1 saturated heterocycles. The Balaban J connectivity index is 2.32. The van der Waals surface area contributed by atoms with Gasteiger partial charge in [0.25, 0.3) is 0 Å². The molecule has 92 valence electrons. The van der Waals surface area contributed by atoms with Crippen LogP contribution in [0.4, 0.5) is 5.69 Å². The summed E-state index contributed by atoms with van der Waals surface area (Å²) >= 11 is 0. The maximum absolute atomic E-state index is 10.8. The number of phenolic OH excluding ortho intramolecular Hbond substituents is 1. The van der Waals surface area contributed by atoms with Crippen molar-refractivity contribution in [2.45, 2.75) is 19.3 Å². The van der Waals surface area contributed by atoms with Crippen LogP contribution in [0, 0.1) is 16.0 Å². The molecular weight excluding hydrogens is 222 g/mol. The van der Waals surface area contributed by atoms with Crippen LogP contribution >= 0.6 is 0 Å². The normalized spacial score (nSPS) is 24.5. The zero-order valence-electron chi connectivity index (χ0n) is 9.63. The molecular formula is C12H15NO4. The summed E-state index contributed by atoms with van der Waals surface area (Å²) in [4.78, 5) is 10.2. The zero-order valence-corrected chi connectivity index (χ0v) is 9.63. The standard InChI is InChI=1S/C12H15NO4/c1-8-7-17-5-4-10(8)9-2-3-12(14)11(6-9)13(15)16/h2-3,6,8,10,14H,4-5,7H2,1H3. The van der Waals surface area contributed by atoms with E-state index in [0.29, 0.717) is 19.1 Å². The van der Waals surface area contributed by atoms with E-state index in [2.05, 4.69) is 6.92 Å². The van der Waals surface area contributed by atoms with Crippen molar-refractivity contribution in [1.82, 2.24) is 0 Å². The fraction of sp³-hybridized carbons (Fsp3) is 0.500. The third kappa shape index (κ3) is 2.39. The highest BCUT2D eigenvalue weighted by molar-refractivity contribution is 5.48. The van der Waals surface area contributed by atoms with E-state index in [1.807, 2.05) is 0 Å². The van der Waals surface area contributed by atoms with E-state index in [0.717, 1.165) is 12.0 Å². The van der Waals surface area contributed by atoms with E-state index in [1.54, 1.807) is 6.07 Å². The van der Waals surface area contributed by atoms with Gasteiger partial charge in [-0.2, -0.15) is 0 Å². The summed E-state index contributed by atoms with van der Waals surface area (Å²) in [5.74, 6) is 0.328. The fourth-order valence-corrected chi connectivity index (χ4v) is 2.29. The van der Waals surface area contributed by atoms with Crippen LogP contribution < -0.4 is 0 Å². The minimum Gasteiger partial charge on any atom is -0.502 e. The summed E-state index contributed by atoms with van der Waals surface area (Å²) in [6, 6.07) is 4.63. The number of hydrogen-bond acceptors (Lipinski definition) is 4. The minimum atomic E-state index is -0.553. The number of aromatic hydroxyl groups is 1. The predicted molar refractivity (Wildman–Crippen MR) is 62.1 cm³/mol. The SMILES string of the molecule is CC1COCCC1c1ccc(O)c([N+](=O)[O-])c1. The first-order valence-electron chi connectivity index (χ1n) is 5.64. The minimum absolute atomic E-state index is 0.221. The van der Waals surface area contributed by atoms with Crippen LogP contribution in [0.15, 0.2) is 18.2 Å². The molecule has 0 radical (unpaired) electrons. The Morgan fingerprint density at radius 1 is 1.53 bits per heavy atom. The van der Waals surface area contributed by atoms with Crippen LogP contribution in [0.2, 0.25) is 0 Å². The van der Waals surface area contributed by atoms with Crippen LogP contribution in [0.1, 0.15) is 24.8 Å². The van der Waals surface area contributed by atoms with Gasteiger partial charge in [0.05, 0.1) is 4.92 Å². The second kappa shape index (κ2) is 4.71. The summed E-state index contributed by atoms with van der Waals surface area (Å²) < 4.78 is 5.35. The molecule has 1 aromatic carbocycles. The van der Waals surface area contributed by atoms with Crippen LogP contribution in [0.25, 0.3) is 0 Å². The number of nitrogens with zero attached hydrogens (tertiary/aromatic N) is 1. The van der Waals surface area contributed by atoms with Crippen molar-refractivity contribution in [3.63, 3.8) is 0 Å². The van der Waals surface area contributed by atoms with Gasteiger partial charge in [0, 0.05) is 19.3 Å². The van der Waals surface area contributed by atoms with Gasteiger partial charge in [-0.1, -0.05) is 13.0 Å². The van der Waals surface area contributed by atoms with E-state index in [9.17, 15) is 15.2 Å². The zero-order chi connectivity index (χ0) is 12.4. The molecule has 0 amide bonds. The Hall–Kier alpha value is -1.62. The fourth-order valence-electron chi connectivity index (χ4n) is 2.29. The number of nitro groups is 1. The van der Waals surface area contributed by atoms with Gasteiger partial charge in [-0.05, 0) is 29.9 Å². The van der Waals surface area contributed by atoms with Gasteiger partial charge in [0.1, 0.15) is 0 Å². The first kappa shape index (κ1) is 11.9. The van der Waals surface area contributed by atoms with Gasteiger partial charge < -0.3 is 9.84 Å². The van der Waals surface area contributed by atoms with Crippen molar-refractivity contribution >= 4 is 5.69 Å². The molecule has 2 unspecified atom stereocenters. The number of ether oxygens (including phenoxy) is 1. The van der Waals surface area contributed by atoms with E-state index >= 15 is 0 Å². The van der Waals surface area contributed by atoms with Crippen molar-refractivity contribution in [2.24, 2.45) is 5.92 Å². The van der Waals surface area contributed by atoms with Crippen molar-refractivity contribution in [3.8, 4) is 5.75 Å². The smallest absolute Gasteiger partial charge is 0.310 e. The van der Waals surface area contributed by atoms with E-state index in [1.165, 1.54) is 12.1 Å². The lowest BCUT2D eigenvalue weighted by Crippen LogP contribution is -2.23. The molecule has 0 spiro atoms. The molecule has 0 saturated carbocycles. The molecule has 0 aromatic heterocycles. The quantitative estimate of drug-likeness (QED) is 0.633. The Labute approximate surface area is 99.2 Å². The Kier molecular flexibility index (Phi) is 3.28. The maximum Gasteiger partial charge on any atom is 0.310 e. The lowest BCUT2D eigenvalue weighted by atomic mass is 9.84. The van der Waals surface area contributed by atoms with E-state index < -0.39 is 4.92 Å². The molecule has 0 aliphatic carbocycles. The summed E-state index contributed by atoms with van der Waals surface area (Å²) in [5, 5.41) is 20.2. The lowest BCUT2D eigenvalue weighted by Gasteiger charge is -2.29. The summed E-state index contributed by atoms with van der Waals surface area (Å²) in [7, 11) is 0. The topological polar surface area (TPSA) is 72.6 Å². The molecule has 1 fully saturated rings. The molecule has 1 N–H and O–H groups in total. The molecule has 17 heavy (non-hydrogen) atoms. The van der Waals surface area contributed by atoms with Crippen LogP contribution in [0.3, 0.4) is 0 Å². The third-order valence-corrected chi connectivity index (χ3v) is 3.27. The second-order valence-corrected chi connectivity index (χ2v) is 4.45. The molecule has 1 heterocycles. The molecule has 5 heteroatoms. The summed E-state index contributed by atoms with van der Waals surface area (Å²) in [5.41, 5.74) is 0.687. The lowest BCUT2D eigenvalue weighted by molar-refractivity contribution is -0.385. The number of nitro benzene ring substituents is 1. The first-order valence-corrected chi connectivity index (χ1v) is 5.64. The number of benzene rings is 1. The molecule has 1 aromatic rings. The molecule has 0 bridgehead atoms. The largest absolute Gasteiger partial charge is 0.502 e. The van der Waals surface area contributed by atoms with Crippen LogP contribution in [-0.4, -0.2) is 23.2 Å². The van der Waals surface area contributed by atoms with Crippen LogP contribution in [-0.2, 0) is 4.74 Å². The van der Waals surface area contributed by atoms with E-state index in [-0.39, 0.29) is 17.4 Å². The molecule has 1 aliphatic rings. The van der Waals surface area contributed by atoms with Gasteiger partial charge >= 0.3 is 5.69 Å². The Morgan fingerprint density at radius 2 is 2.29 bits per heavy atom. The number of hydrogen-bond donors (Lipinski definition) is 1. The molecule has 1 aliphatic heterocycles. The highest BCUT2D eigenvalue weighted by Crippen LogP contribution is 2.36. The van der Waals surface area contributed by atoms with Gasteiger partial charge in [-0.15, -0.1) is 0 Å². The Morgan fingerprint density at radius 3 is 2.94 bits per heavy atom. The average molecular weight is 237 g/mol. The third-order valence-electron chi connectivity index (χ3n) is 3.27. The molecule has 2 atom stereocenters. The van der Waals surface area contributed by atoms with Crippen molar-refractivity contribution in [3.05, 3.63) is 33.9 Å². The highest BCUT2D eigenvalue weighted by atomic mass is 16.6.